The van der Waals surface area contributed by atoms with Gasteiger partial charge in [-0.2, -0.15) is 0 Å². The zero-order valence-electron chi connectivity index (χ0n) is 13.0. The molecule has 1 aliphatic rings. The third kappa shape index (κ3) is 5.38. The number of hydrogen-bond donors (Lipinski definition) is 2. The highest BCUT2D eigenvalue weighted by Gasteiger charge is 2.17. The van der Waals surface area contributed by atoms with Gasteiger partial charge in [-0.3, -0.25) is 4.79 Å². The molecule has 116 valence electrons. The quantitative estimate of drug-likeness (QED) is 0.758. The van der Waals surface area contributed by atoms with Gasteiger partial charge in [0.2, 0.25) is 5.91 Å². The number of carbonyl (C=O) groups excluding carboxylic acids is 1. The van der Waals surface area contributed by atoms with Crippen LogP contribution in [0.2, 0.25) is 0 Å². The lowest BCUT2D eigenvalue weighted by Gasteiger charge is -2.11. The Hall–Kier alpha value is -1.55. The minimum absolute atomic E-state index is 0.105. The normalized spacial score (nSPS) is 18.0. The van der Waals surface area contributed by atoms with Gasteiger partial charge in [-0.05, 0) is 43.0 Å². The summed E-state index contributed by atoms with van der Waals surface area (Å²) >= 11 is 0. The first-order chi connectivity index (χ1) is 10.1. The number of amides is 1. The van der Waals surface area contributed by atoms with Crippen LogP contribution in [0.1, 0.15) is 44.6 Å². The van der Waals surface area contributed by atoms with Crippen molar-refractivity contribution in [3.05, 3.63) is 29.8 Å². The second kappa shape index (κ2) is 8.03. The minimum atomic E-state index is 0.105. The van der Waals surface area contributed by atoms with E-state index in [0.717, 1.165) is 18.7 Å². The number of ether oxygens (including phenoxy) is 1. The first kappa shape index (κ1) is 15.8. The van der Waals surface area contributed by atoms with Crippen LogP contribution in [0.15, 0.2) is 24.3 Å². The molecule has 1 heterocycles. The predicted molar refractivity (Wildman–Crippen MR) is 84.7 cm³/mol. The van der Waals surface area contributed by atoms with Crippen molar-refractivity contribution in [2.75, 3.05) is 19.7 Å². The molecule has 0 aliphatic carbocycles. The van der Waals surface area contributed by atoms with E-state index in [9.17, 15) is 4.79 Å². The van der Waals surface area contributed by atoms with E-state index in [1.165, 1.54) is 12.0 Å². The Morgan fingerprint density at radius 3 is 2.76 bits per heavy atom. The van der Waals surface area contributed by atoms with E-state index < -0.39 is 0 Å². The molecule has 2 N–H and O–H groups in total. The summed E-state index contributed by atoms with van der Waals surface area (Å²) in [7, 11) is 0. The van der Waals surface area contributed by atoms with Gasteiger partial charge < -0.3 is 15.4 Å². The van der Waals surface area contributed by atoms with Crippen molar-refractivity contribution in [3.8, 4) is 5.75 Å². The SMILES string of the molecule is CC(C)c1ccc(OCCNC(=O)CC2CCCN2)cc1. The number of rotatable bonds is 7. The Morgan fingerprint density at radius 2 is 2.14 bits per heavy atom. The molecular weight excluding hydrogens is 264 g/mol. The van der Waals surface area contributed by atoms with Gasteiger partial charge in [0.15, 0.2) is 0 Å². The van der Waals surface area contributed by atoms with Gasteiger partial charge in [0.25, 0.3) is 0 Å². The van der Waals surface area contributed by atoms with Gasteiger partial charge in [-0.15, -0.1) is 0 Å². The summed E-state index contributed by atoms with van der Waals surface area (Å²) in [4.78, 5) is 11.7. The Balaban J connectivity index is 1.61. The van der Waals surface area contributed by atoms with E-state index in [2.05, 4.69) is 36.6 Å². The Bertz CT molecular complexity index is 437. The van der Waals surface area contributed by atoms with E-state index in [1.807, 2.05) is 12.1 Å². The first-order valence-corrected chi connectivity index (χ1v) is 7.88. The first-order valence-electron chi connectivity index (χ1n) is 7.88. The molecule has 0 radical (unpaired) electrons. The summed E-state index contributed by atoms with van der Waals surface area (Å²) in [6.45, 7) is 6.44. The number of hydrogen-bond acceptors (Lipinski definition) is 3. The molecule has 1 fully saturated rings. The molecule has 1 aromatic rings. The molecule has 1 atom stereocenters. The van der Waals surface area contributed by atoms with Crippen LogP contribution in [0.25, 0.3) is 0 Å². The fourth-order valence-corrected chi connectivity index (χ4v) is 2.54. The molecule has 2 rings (SSSR count). The van der Waals surface area contributed by atoms with Crippen molar-refractivity contribution in [1.29, 1.82) is 0 Å². The van der Waals surface area contributed by atoms with Crippen molar-refractivity contribution in [1.82, 2.24) is 10.6 Å². The maximum atomic E-state index is 11.7. The molecule has 4 nitrogen and oxygen atoms in total. The van der Waals surface area contributed by atoms with Gasteiger partial charge in [0.05, 0.1) is 6.54 Å². The summed E-state index contributed by atoms with van der Waals surface area (Å²) in [6, 6.07) is 8.50. The standard InChI is InChI=1S/C17H26N2O2/c1-13(2)14-5-7-16(8-6-14)21-11-10-19-17(20)12-15-4-3-9-18-15/h5-8,13,15,18H,3-4,9-12H2,1-2H3,(H,19,20). The Morgan fingerprint density at radius 1 is 1.38 bits per heavy atom. The van der Waals surface area contributed by atoms with E-state index in [4.69, 9.17) is 4.74 Å². The second-order valence-corrected chi connectivity index (χ2v) is 5.92. The average molecular weight is 290 g/mol. The van der Waals surface area contributed by atoms with Crippen LogP contribution in [-0.4, -0.2) is 31.6 Å². The van der Waals surface area contributed by atoms with Crippen molar-refractivity contribution < 1.29 is 9.53 Å². The van der Waals surface area contributed by atoms with Crippen LogP contribution >= 0.6 is 0 Å². The molecule has 1 aliphatic heterocycles. The van der Waals surface area contributed by atoms with Crippen LogP contribution in [0.4, 0.5) is 0 Å². The summed E-state index contributed by atoms with van der Waals surface area (Å²) in [6.07, 6.45) is 2.85. The summed E-state index contributed by atoms with van der Waals surface area (Å²) < 4.78 is 5.63. The van der Waals surface area contributed by atoms with Gasteiger partial charge in [0, 0.05) is 12.5 Å². The molecule has 1 saturated heterocycles. The zero-order valence-corrected chi connectivity index (χ0v) is 13.0. The van der Waals surface area contributed by atoms with Crippen molar-refractivity contribution in [2.45, 2.75) is 45.1 Å². The Labute approximate surface area is 127 Å². The third-order valence-electron chi connectivity index (χ3n) is 3.83. The van der Waals surface area contributed by atoms with Crippen LogP contribution in [0.5, 0.6) is 5.75 Å². The van der Waals surface area contributed by atoms with Gasteiger partial charge in [-0.1, -0.05) is 26.0 Å². The molecule has 4 heteroatoms. The van der Waals surface area contributed by atoms with Crippen LogP contribution in [-0.2, 0) is 4.79 Å². The average Bonchev–Trinajstić information content (AvgIpc) is 2.97. The lowest BCUT2D eigenvalue weighted by molar-refractivity contribution is -0.121. The highest BCUT2D eigenvalue weighted by atomic mass is 16.5. The topological polar surface area (TPSA) is 50.4 Å². The summed E-state index contributed by atoms with van der Waals surface area (Å²) in [5.74, 6) is 1.49. The fraction of sp³-hybridized carbons (Fsp3) is 0.588. The van der Waals surface area contributed by atoms with Crippen LogP contribution < -0.4 is 15.4 Å². The number of nitrogens with one attached hydrogen (secondary N) is 2. The van der Waals surface area contributed by atoms with E-state index in [-0.39, 0.29) is 5.91 Å². The summed E-state index contributed by atoms with van der Waals surface area (Å²) in [5.41, 5.74) is 1.31. The summed E-state index contributed by atoms with van der Waals surface area (Å²) in [5, 5.41) is 6.23. The molecule has 1 unspecified atom stereocenters. The maximum Gasteiger partial charge on any atom is 0.221 e. The molecule has 0 spiro atoms. The number of benzene rings is 1. The van der Waals surface area contributed by atoms with E-state index >= 15 is 0 Å². The zero-order chi connectivity index (χ0) is 15.1. The van der Waals surface area contributed by atoms with Gasteiger partial charge in [-0.25, -0.2) is 0 Å². The molecule has 1 aromatic carbocycles. The predicted octanol–water partition coefficient (Wildman–Crippen LogP) is 2.45. The third-order valence-corrected chi connectivity index (χ3v) is 3.83. The van der Waals surface area contributed by atoms with Crippen molar-refractivity contribution in [2.24, 2.45) is 0 Å². The lowest BCUT2D eigenvalue weighted by Crippen LogP contribution is -2.33. The number of carbonyl (C=O) groups is 1. The highest BCUT2D eigenvalue weighted by Crippen LogP contribution is 2.18. The van der Waals surface area contributed by atoms with Crippen molar-refractivity contribution >= 4 is 5.91 Å². The lowest BCUT2D eigenvalue weighted by atomic mass is 10.0. The molecule has 0 aromatic heterocycles. The smallest absolute Gasteiger partial charge is 0.221 e. The largest absolute Gasteiger partial charge is 0.492 e. The second-order valence-electron chi connectivity index (χ2n) is 5.92. The molecule has 0 saturated carbocycles. The highest BCUT2D eigenvalue weighted by molar-refractivity contribution is 5.76. The van der Waals surface area contributed by atoms with Crippen molar-refractivity contribution in [3.63, 3.8) is 0 Å². The monoisotopic (exact) mass is 290 g/mol. The molecule has 1 amide bonds. The Kier molecular flexibility index (Phi) is 6.05. The molecule has 0 bridgehead atoms. The van der Waals surface area contributed by atoms with Gasteiger partial charge >= 0.3 is 0 Å². The minimum Gasteiger partial charge on any atom is -0.492 e. The molecule has 21 heavy (non-hydrogen) atoms. The molecular formula is C17H26N2O2. The fourth-order valence-electron chi connectivity index (χ4n) is 2.54. The van der Waals surface area contributed by atoms with Gasteiger partial charge in [0.1, 0.15) is 12.4 Å². The van der Waals surface area contributed by atoms with Crippen LogP contribution in [0, 0.1) is 0 Å². The maximum absolute atomic E-state index is 11.7. The van der Waals surface area contributed by atoms with Crippen LogP contribution in [0.3, 0.4) is 0 Å². The van der Waals surface area contributed by atoms with E-state index in [1.54, 1.807) is 0 Å². The van der Waals surface area contributed by atoms with E-state index in [0.29, 0.717) is 31.5 Å².